The largest absolute Gasteiger partial charge is 0.212 e. The van der Waals surface area contributed by atoms with Gasteiger partial charge in [0.2, 0.25) is 10.0 Å². The molecule has 0 aromatic rings. The van der Waals surface area contributed by atoms with Crippen LogP contribution in [-0.2, 0) is 10.0 Å². The molecule has 0 amide bonds. The van der Waals surface area contributed by atoms with Crippen molar-refractivity contribution in [2.24, 2.45) is 0 Å². The summed E-state index contributed by atoms with van der Waals surface area (Å²) in [5.41, 5.74) is 0. The summed E-state index contributed by atoms with van der Waals surface area (Å²) < 4.78 is 24.1. The lowest BCUT2D eigenvalue weighted by Crippen LogP contribution is -2.38. The van der Waals surface area contributed by atoms with Crippen molar-refractivity contribution in [3.05, 3.63) is 0 Å². The summed E-state index contributed by atoms with van der Waals surface area (Å²) >= 11 is 0. The molecule has 0 heterocycles. The smallest absolute Gasteiger partial charge is 0.212 e. The second-order valence-electron chi connectivity index (χ2n) is 3.45. The van der Waals surface area contributed by atoms with Gasteiger partial charge in [-0.3, -0.25) is 0 Å². The first-order chi connectivity index (χ1) is 6.05. The minimum Gasteiger partial charge on any atom is -0.212 e. The summed E-state index contributed by atoms with van der Waals surface area (Å²) in [6.07, 6.45) is 10.5. The average molecular weight is 201 g/mol. The Balaban J connectivity index is 2.74. The maximum absolute atomic E-state index is 11.3. The van der Waals surface area contributed by atoms with Crippen molar-refractivity contribution in [3.8, 4) is 12.3 Å². The molecule has 0 unspecified atom stereocenters. The Morgan fingerprint density at radius 1 is 1.46 bits per heavy atom. The van der Waals surface area contributed by atoms with Gasteiger partial charge in [-0.15, -0.1) is 6.42 Å². The van der Waals surface area contributed by atoms with Crippen LogP contribution in [0.4, 0.5) is 0 Å². The van der Waals surface area contributed by atoms with Crippen LogP contribution in [0.25, 0.3) is 0 Å². The predicted molar refractivity (Wildman–Crippen MR) is 52.6 cm³/mol. The van der Waals surface area contributed by atoms with Gasteiger partial charge in [0.1, 0.15) is 0 Å². The number of hydrogen-bond acceptors (Lipinski definition) is 2. The molecule has 4 heteroatoms. The Morgan fingerprint density at radius 2 is 2.00 bits per heavy atom. The molecular formula is C9H15NO2S. The highest BCUT2D eigenvalue weighted by Crippen LogP contribution is 2.24. The normalized spacial score (nSPS) is 19.2. The monoisotopic (exact) mass is 201 g/mol. The third-order valence-electron chi connectivity index (χ3n) is 2.41. The van der Waals surface area contributed by atoms with Gasteiger partial charge in [-0.05, 0) is 12.8 Å². The van der Waals surface area contributed by atoms with Gasteiger partial charge >= 0.3 is 0 Å². The van der Waals surface area contributed by atoms with Crippen LogP contribution in [0.15, 0.2) is 0 Å². The molecule has 0 aromatic heterocycles. The van der Waals surface area contributed by atoms with E-state index in [4.69, 9.17) is 6.42 Å². The van der Waals surface area contributed by atoms with E-state index in [9.17, 15) is 8.42 Å². The lowest BCUT2D eigenvalue weighted by Gasteiger charge is -2.23. The van der Waals surface area contributed by atoms with Gasteiger partial charge in [-0.2, -0.15) is 4.31 Å². The van der Waals surface area contributed by atoms with Gasteiger partial charge in [-0.25, -0.2) is 8.42 Å². The number of nitrogens with zero attached hydrogens (tertiary/aromatic N) is 1. The molecular weight excluding hydrogens is 186 g/mol. The van der Waals surface area contributed by atoms with E-state index in [1.54, 1.807) is 0 Å². The summed E-state index contributed by atoms with van der Waals surface area (Å²) in [7, 11) is -3.12. The van der Waals surface area contributed by atoms with Crippen LogP contribution in [0.2, 0.25) is 0 Å². The quantitative estimate of drug-likeness (QED) is 0.634. The van der Waals surface area contributed by atoms with Crippen LogP contribution >= 0.6 is 0 Å². The molecule has 0 aromatic carbocycles. The molecule has 1 saturated carbocycles. The van der Waals surface area contributed by atoms with Gasteiger partial charge in [-0.1, -0.05) is 18.8 Å². The van der Waals surface area contributed by atoms with E-state index >= 15 is 0 Å². The van der Waals surface area contributed by atoms with Gasteiger partial charge in [0, 0.05) is 6.04 Å². The van der Waals surface area contributed by atoms with Gasteiger partial charge in [0.05, 0.1) is 12.8 Å². The Kier molecular flexibility index (Phi) is 3.34. The molecule has 0 aliphatic heterocycles. The van der Waals surface area contributed by atoms with Crippen molar-refractivity contribution in [3.63, 3.8) is 0 Å². The zero-order chi connectivity index (χ0) is 9.90. The molecule has 0 saturated heterocycles. The van der Waals surface area contributed by atoms with Crippen LogP contribution in [0.5, 0.6) is 0 Å². The fraction of sp³-hybridized carbons (Fsp3) is 0.778. The molecule has 13 heavy (non-hydrogen) atoms. The first-order valence-corrected chi connectivity index (χ1v) is 6.31. The minimum atomic E-state index is -3.12. The van der Waals surface area contributed by atoms with E-state index in [0.717, 1.165) is 25.7 Å². The van der Waals surface area contributed by atoms with Crippen LogP contribution < -0.4 is 0 Å². The van der Waals surface area contributed by atoms with Crippen LogP contribution in [0.3, 0.4) is 0 Å². The summed E-state index contributed by atoms with van der Waals surface area (Å²) in [6.45, 7) is 0.212. The number of terminal acetylenes is 1. The number of sulfonamides is 1. The van der Waals surface area contributed by atoms with E-state index < -0.39 is 10.0 Å². The Labute approximate surface area is 80.2 Å². The second-order valence-corrected chi connectivity index (χ2v) is 5.39. The molecule has 1 fully saturated rings. The third-order valence-corrected chi connectivity index (χ3v) is 3.68. The zero-order valence-electron chi connectivity index (χ0n) is 7.86. The summed E-state index contributed by atoms with van der Waals surface area (Å²) in [5, 5.41) is 0. The summed E-state index contributed by atoms with van der Waals surface area (Å²) in [5.74, 6) is 2.40. The molecule has 74 valence electrons. The third kappa shape index (κ3) is 2.71. The van der Waals surface area contributed by atoms with Crippen molar-refractivity contribution in [1.82, 2.24) is 4.31 Å². The minimum absolute atomic E-state index is 0.144. The Hall–Kier alpha value is -0.530. The lowest BCUT2D eigenvalue weighted by atomic mass is 10.2. The van der Waals surface area contributed by atoms with Crippen molar-refractivity contribution in [2.45, 2.75) is 31.7 Å². The fourth-order valence-electron chi connectivity index (χ4n) is 1.80. The number of hydrogen-bond donors (Lipinski definition) is 0. The van der Waals surface area contributed by atoms with Gasteiger partial charge < -0.3 is 0 Å². The molecule has 1 rings (SSSR count). The predicted octanol–water partition coefficient (Wildman–Crippen LogP) is 0.824. The van der Waals surface area contributed by atoms with E-state index in [1.165, 1.54) is 10.6 Å². The first-order valence-electron chi connectivity index (χ1n) is 4.46. The average Bonchev–Trinajstić information content (AvgIpc) is 2.49. The maximum Gasteiger partial charge on any atom is 0.212 e. The van der Waals surface area contributed by atoms with E-state index in [-0.39, 0.29) is 12.6 Å². The molecule has 0 spiro atoms. The molecule has 0 N–H and O–H groups in total. The Morgan fingerprint density at radius 3 is 2.38 bits per heavy atom. The fourth-order valence-corrected chi connectivity index (χ4v) is 2.86. The molecule has 0 atom stereocenters. The van der Waals surface area contributed by atoms with Crippen molar-refractivity contribution >= 4 is 10.0 Å². The SMILES string of the molecule is C#CCN(C1CCCC1)S(C)(=O)=O. The zero-order valence-corrected chi connectivity index (χ0v) is 8.68. The first kappa shape index (κ1) is 10.6. The number of rotatable bonds is 3. The summed E-state index contributed by atoms with van der Waals surface area (Å²) in [6, 6.07) is 0.144. The lowest BCUT2D eigenvalue weighted by molar-refractivity contribution is 0.354. The van der Waals surface area contributed by atoms with Crippen molar-refractivity contribution in [1.29, 1.82) is 0 Å². The highest BCUT2D eigenvalue weighted by Gasteiger charge is 2.28. The molecule has 0 bridgehead atoms. The molecule has 1 aliphatic carbocycles. The van der Waals surface area contributed by atoms with E-state index in [0.29, 0.717) is 0 Å². The highest BCUT2D eigenvalue weighted by molar-refractivity contribution is 7.88. The highest BCUT2D eigenvalue weighted by atomic mass is 32.2. The molecule has 0 radical (unpaired) electrons. The van der Waals surface area contributed by atoms with Crippen LogP contribution in [-0.4, -0.2) is 31.6 Å². The Bertz CT molecular complexity index is 296. The molecule has 3 nitrogen and oxygen atoms in total. The van der Waals surface area contributed by atoms with Crippen LogP contribution in [0.1, 0.15) is 25.7 Å². The van der Waals surface area contributed by atoms with Crippen molar-refractivity contribution < 1.29 is 8.42 Å². The van der Waals surface area contributed by atoms with Gasteiger partial charge in [0.15, 0.2) is 0 Å². The van der Waals surface area contributed by atoms with Crippen LogP contribution in [0, 0.1) is 12.3 Å². The topological polar surface area (TPSA) is 37.4 Å². The van der Waals surface area contributed by atoms with Gasteiger partial charge in [0.25, 0.3) is 0 Å². The maximum atomic E-state index is 11.3. The standard InChI is InChI=1S/C9H15NO2S/c1-3-8-10(13(2,11)12)9-6-4-5-7-9/h1,9H,4-8H2,2H3. The summed E-state index contributed by atoms with van der Waals surface area (Å²) in [4.78, 5) is 0. The second kappa shape index (κ2) is 4.12. The van der Waals surface area contributed by atoms with E-state index in [2.05, 4.69) is 5.92 Å². The van der Waals surface area contributed by atoms with Crippen molar-refractivity contribution in [2.75, 3.05) is 12.8 Å². The van der Waals surface area contributed by atoms with E-state index in [1.807, 2.05) is 0 Å². The molecule has 1 aliphatic rings.